The van der Waals surface area contributed by atoms with Crippen LogP contribution in [0.2, 0.25) is 0 Å². The van der Waals surface area contributed by atoms with Crippen LogP contribution in [0.4, 0.5) is 10.5 Å². The first-order chi connectivity index (χ1) is 7.06. The quantitative estimate of drug-likeness (QED) is 0.662. The molecule has 0 aliphatic rings. The van der Waals surface area contributed by atoms with Gasteiger partial charge in [0.05, 0.1) is 5.52 Å². The number of hydrogen-bond acceptors (Lipinski definition) is 3. The van der Waals surface area contributed by atoms with E-state index >= 15 is 0 Å². The largest absolute Gasteiger partial charge is 0.465 e. The Morgan fingerprint density at radius 2 is 2.27 bits per heavy atom. The maximum Gasteiger partial charge on any atom is 0.417 e. The van der Waals surface area contributed by atoms with Crippen molar-refractivity contribution in [1.29, 1.82) is 0 Å². The molecule has 0 aliphatic carbocycles. The molecule has 3 N–H and O–H groups in total. The monoisotopic (exact) mass is 208 g/mol. The fourth-order valence-corrected chi connectivity index (χ4v) is 1.42. The van der Waals surface area contributed by atoms with Crippen molar-refractivity contribution in [2.75, 3.05) is 5.32 Å². The minimum absolute atomic E-state index is 0.337. The summed E-state index contributed by atoms with van der Waals surface area (Å²) in [5.74, 6) is -0.555. The van der Waals surface area contributed by atoms with Gasteiger partial charge in [-0.25, -0.2) is 9.59 Å². The number of nitrogens with one attached hydrogen (secondary N) is 2. The number of amides is 1. The summed E-state index contributed by atoms with van der Waals surface area (Å²) in [6.45, 7) is 1.75. The molecule has 6 heteroatoms. The Balaban J connectivity index is 2.61. The van der Waals surface area contributed by atoms with Crippen LogP contribution in [0.15, 0.2) is 21.3 Å². The Morgan fingerprint density at radius 1 is 1.53 bits per heavy atom. The maximum atomic E-state index is 10.9. The molecule has 6 nitrogen and oxygen atoms in total. The zero-order chi connectivity index (χ0) is 11.0. The van der Waals surface area contributed by atoms with E-state index in [-0.39, 0.29) is 0 Å². The zero-order valence-corrected chi connectivity index (χ0v) is 7.83. The average Bonchev–Trinajstić information content (AvgIpc) is 2.44. The van der Waals surface area contributed by atoms with Crippen molar-refractivity contribution in [3.05, 3.63) is 28.2 Å². The number of carboxylic acid groups (broad SMARTS) is 1. The Hall–Kier alpha value is -2.24. The molecule has 1 aromatic carbocycles. The molecule has 0 fully saturated rings. The summed E-state index contributed by atoms with van der Waals surface area (Å²) in [6, 6.07) is 3.07. The predicted octanol–water partition coefficient (Wildman–Crippen LogP) is 1.52. The number of aromatic nitrogens is 1. The molecule has 0 unspecified atom stereocenters. The van der Waals surface area contributed by atoms with Gasteiger partial charge in [0.1, 0.15) is 0 Å². The summed E-state index contributed by atoms with van der Waals surface area (Å²) < 4.78 is 4.83. The average molecular weight is 208 g/mol. The van der Waals surface area contributed by atoms with Gasteiger partial charge in [0.25, 0.3) is 0 Å². The molecule has 78 valence electrons. The second kappa shape index (κ2) is 3.16. The standard InChI is InChI=1S/C9H8N2O4/c1-4-2-5(10-8(12)13)3-6-7(4)11-9(14)15-6/h2-3,10H,1H3,(H,11,14)(H,12,13). The minimum Gasteiger partial charge on any atom is -0.465 e. The second-order valence-electron chi connectivity index (χ2n) is 3.11. The number of aromatic amines is 1. The van der Waals surface area contributed by atoms with Crippen LogP contribution in [0.1, 0.15) is 5.56 Å². The van der Waals surface area contributed by atoms with E-state index in [4.69, 9.17) is 9.52 Å². The number of carbonyl (C=O) groups is 1. The molecule has 1 amide bonds. The summed E-state index contributed by atoms with van der Waals surface area (Å²) in [6.07, 6.45) is -1.16. The first-order valence-corrected chi connectivity index (χ1v) is 4.19. The summed E-state index contributed by atoms with van der Waals surface area (Å²) in [7, 11) is 0. The van der Waals surface area contributed by atoms with Crippen LogP contribution in [0.25, 0.3) is 11.1 Å². The number of fused-ring (bicyclic) bond motifs is 1. The van der Waals surface area contributed by atoms with Crippen LogP contribution in [0.3, 0.4) is 0 Å². The highest BCUT2D eigenvalue weighted by Gasteiger charge is 2.07. The van der Waals surface area contributed by atoms with Gasteiger partial charge in [-0.05, 0) is 18.6 Å². The lowest BCUT2D eigenvalue weighted by Gasteiger charge is -2.01. The molecule has 2 rings (SSSR count). The lowest BCUT2D eigenvalue weighted by Crippen LogP contribution is -2.07. The second-order valence-corrected chi connectivity index (χ2v) is 3.11. The van der Waals surface area contributed by atoms with Gasteiger partial charge < -0.3 is 9.52 Å². The first kappa shape index (κ1) is 9.32. The summed E-state index contributed by atoms with van der Waals surface area (Å²) in [5.41, 5.74) is 2.03. The molecule has 0 atom stereocenters. The molecule has 1 aromatic heterocycles. The van der Waals surface area contributed by atoms with E-state index in [2.05, 4.69) is 10.3 Å². The lowest BCUT2D eigenvalue weighted by molar-refractivity contribution is 0.210. The highest BCUT2D eigenvalue weighted by atomic mass is 16.4. The number of anilines is 1. The van der Waals surface area contributed by atoms with Crippen molar-refractivity contribution in [2.45, 2.75) is 6.92 Å². The number of aryl methyl sites for hydroxylation is 1. The fraction of sp³-hybridized carbons (Fsp3) is 0.111. The smallest absolute Gasteiger partial charge is 0.417 e. The fourth-order valence-electron chi connectivity index (χ4n) is 1.42. The van der Waals surface area contributed by atoms with Gasteiger partial charge in [-0.15, -0.1) is 0 Å². The van der Waals surface area contributed by atoms with Gasteiger partial charge in [0.15, 0.2) is 5.58 Å². The number of benzene rings is 1. The van der Waals surface area contributed by atoms with Crippen LogP contribution < -0.4 is 11.1 Å². The third kappa shape index (κ3) is 1.69. The molecular weight excluding hydrogens is 200 g/mol. The van der Waals surface area contributed by atoms with Crippen LogP contribution in [0.5, 0.6) is 0 Å². The van der Waals surface area contributed by atoms with Gasteiger partial charge in [0.2, 0.25) is 0 Å². The summed E-state index contributed by atoms with van der Waals surface area (Å²) in [5, 5.41) is 10.7. The number of rotatable bonds is 1. The Kier molecular flexibility index (Phi) is 1.96. The lowest BCUT2D eigenvalue weighted by atomic mass is 10.2. The first-order valence-electron chi connectivity index (χ1n) is 4.19. The highest BCUT2D eigenvalue weighted by molar-refractivity contribution is 5.88. The summed E-state index contributed by atoms with van der Waals surface area (Å²) >= 11 is 0. The number of hydrogen-bond donors (Lipinski definition) is 3. The maximum absolute atomic E-state index is 10.9. The molecule has 0 aliphatic heterocycles. The molecular formula is C9H8N2O4. The van der Waals surface area contributed by atoms with Crippen LogP contribution in [-0.4, -0.2) is 16.2 Å². The van der Waals surface area contributed by atoms with Crippen LogP contribution >= 0.6 is 0 Å². The van der Waals surface area contributed by atoms with Gasteiger partial charge >= 0.3 is 11.8 Å². The van der Waals surface area contributed by atoms with Gasteiger partial charge in [-0.2, -0.15) is 0 Å². The third-order valence-electron chi connectivity index (χ3n) is 1.98. The van der Waals surface area contributed by atoms with E-state index in [1.807, 2.05) is 0 Å². The normalized spacial score (nSPS) is 10.5. The molecule has 0 spiro atoms. The van der Waals surface area contributed by atoms with E-state index in [0.717, 1.165) is 5.56 Å². The van der Waals surface area contributed by atoms with Crippen molar-refractivity contribution in [2.24, 2.45) is 0 Å². The molecule has 1 heterocycles. The van der Waals surface area contributed by atoms with E-state index in [9.17, 15) is 9.59 Å². The highest BCUT2D eigenvalue weighted by Crippen LogP contribution is 2.20. The molecule has 2 aromatic rings. The Labute approximate surface area is 83.5 Å². The Bertz CT molecular complexity index is 581. The van der Waals surface area contributed by atoms with E-state index in [1.54, 1.807) is 13.0 Å². The number of oxazole rings is 1. The van der Waals surface area contributed by atoms with Crippen molar-refractivity contribution in [1.82, 2.24) is 4.98 Å². The predicted molar refractivity (Wildman–Crippen MR) is 53.2 cm³/mol. The van der Waals surface area contributed by atoms with Crippen LogP contribution in [0, 0.1) is 6.92 Å². The molecule has 0 bridgehead atoms. The Morgan fingerprint density at radius 3 is 2.93 bits per heavy atom. The van der Waals surface area contributed by atoms with Crippen molar-refractivity contribution >= 4 is 22.9 Å². The van der Waals surface area contributed by atoms with Gasteiger partial charge in [-0.3, -0.25) is 10.3 Å². The third-order valence-corrected chi connectivity index (χ3v) is 1.98. The van der Waals surface area contributed by atoms with Gasteiger partial charge in [-0.1, -0.05) is 0 Å². The van der Waals surface area contributed by atoms with Gasteiger partial charge in [0, 0.05) is 11.8 Å². The van der Waals surface area contributed by atoms with E-state index in [1.165, 1.54) is 6.07 Å². The topological polar surface area (TPSA) is 95.3 Å². The van der Waals surface area contributed by atoms with Crippen molar-refractivity contribution in [3.8, 4) is 0 Å². The minimum atomic E-state index is -1.16. The molecule has 0 saturated carbocycles. The molecule has 0 saturated heterocycles. The van der Waals surface area contributed by atoms with Crippen molar-refractivity contribution in [3.63, 3.8) is 0 Å². The van der Waals surface area contributed by atoms with E-state index < -0.39 is 11.8 Å². The van der Waals surface area contributed by atoms with Crippen LogP contribution in [-0.2, 0) is 0 Å². The van der Waals surface area contributed by atoms with Crippen molar-refractivity contribution < 1.29 is 14.3 Å². The SMILES string of the molecule is Cc1cc(NC(=O)O)cc2oc(=O)[nH]c12. The zero-order valence-electron chi connectivity index (χ0n) is 7.83. The number of H-pyrrole nitrogens is 1. The summed E-state index contributed by atoms with van der Waals surface area (Å²) in [4.78, 5) is 23.8. The molecule has 15 heavy (non-hydrogen) atoms. The molecule has 0 radical (unpaired) electrons. The van der Waals surface area contributed by atoms with E-state index in [0.29, 0.717) is 16.8 Å².